The van der Waals surface area contributed by atoms with Gasteiger partial charge in [0.05, 0.1) is 13.7 Å². The van der Waals surface area contributed by atoms with Gasteiger partial charge in [-0.2, -0.15) is 0 Å². The number of aromatic amines is 1. The summed E-state index contributed by atoms with van der Waals surface area (Å²) < 4.78 is 5.18. The van der Waals surface area contributed by atoms with Crippen LogP contribution in [-0.2, 0) is 6.54 Å². The second-order valence-corrected chi connectivity index (χ2v) is 4.46. The molecule has 0 saturated heterocycles. The fourth-order valence-electron chi connectivity index (χ4n) is 1.89. The van der Waals surface area contributed by atoms with E-state index in [0.717, 1.165) is 18.1 Å². The zero-order chi connectivity index (χ0) is 13.0. The lowest BCUT2D eigenvalue weighted by molar-refractivity contribution is 0.414. The SMILES string of the molecule is COc1ccc(N(Cc2ncc[nH]2)C(C)C)cc1. The Morgan fingerprint density at radius 2 is 2.00 bits per heavy atom. The fourth-order valence-corrected chi connectivity index (χ4v) is 1.89. The van der Waals surface area contributed by atoms with Gasteiger partial charge in [-0.05, 0) is 38.1 Å². The molecule has 0 spiro atoms. The first-order valence-corrected chi connectivity index (χ1v) is 6.09. The Kier molecular flexibility index (Phi) is 3.87. The van der Waals surface area contributed by atoms with Crippen LogP contribution in [0.15, 0.2) is 36.7 Å². The van der Waals surface area contributed by atoms with Gasteiger partial charge in [-0.3, -0.25) is 0 Å². The minimum Gasteiger partial charge on any atom is -0.497 e. The van der Waals surface area contributed by atoms with Crippen molar-refractivity contribution in [2.24, 2.45) is 0 Å². The number of hydrogen-bond donors (Lipinski definition) is 1. The number of aromatic nitrogens is 2. The maximum absolute atomic E-state index is 5.18. The summed E-state index contributed by atoms with van der Waals surface area (Å²) in [6.45, 7) is 5.12. The summed E-state index contributed by atoms with van der Waals surface area (Å²) in [4.78, 5) is 9.70. The molecule has 0 amide bonds. The first-order chi connectivity index (χ1) is 8.70. The summed E-state index contributed by atoms with van der Waals surface area (Å²) in [5.74, 6) is 1.85. The van der Waals surface area contributed by atoms with Gasteiger partial charge in [0.2, 0.25) is 0 Å². The van der Waals surface area contributed by atoms with Crippen LogP contribution < -0.4 is 9.64 Å². The molecule has 4 nitrogen and oxygen atoms in total. The summed E-state index contributed by atoms with van der Waals surface area (Å²) >= 11 is 0. The number of anilines is 1. The van der Waals surface area contributed by atoms with Crippen LogP contribution in [0.3, 0.4) is 0 Å². The molecule has 0 aliphatic heterocycles. The number of rotatable bonds is 5. The molecule has 1 N–H and O–H groups in total. The first-order valence-electron chi connectivity index (χ1n) is 6.09. The van der Waals surface area contributed by atoms with E-state index in [-0.39, 0.29) is 0 Å². The number of nitrogens with zero attached hydrogens (tertiary/aromatic N) is 2. The van der Waals surface area contributed by atoms with Crippen molar-refractivity contribution in [1.29, 1.82) is 0 Å². The number of hydrogen-bond acceptors (Lipinski definition) is 3. The molecule has 0 radical (unpaired) electrons. The van der Waals surface area contributed by atoms with Gasteiger partial charge in [0, 0.05) is 24.1 Å². The van der Waals surface area contributed by atoms with E-state index in [2.05, 4.69) is 40.8 Å². The Morgan fingerprint density at radius 3 is 2.50 bits per heavy atom. The molecular formula is C14H19N3O. The Bertz CT molecular complexity index is 462. The number of nitrogens with one attached hydrogen (secondary N) is 1. The van der Waals surface area contributed by atoms with Gasteiger partial charge in [-0.15, -0.1) is 0 Å². The van der Waals surface area contributed by atoms with Crippen molar-refractivity contribution in [3.63, 3.8) is 0 Å². The number of benzene rings is 1. The molecular weight excluding hydrogens is 226 g/mol. The molecule has 2 rings (SSSR count). The van der Waals surface area contributed by atoms with Crippen LogP contribution in [0.4, 0.5) is 5.69 Å². The molecule has 0 aliphatic carbocycles. The van der Waals surface area contributed by atoms with Gasteiger partial charge in [0.15, 0.2) is 0 Å². The molecule has 18 heavy (non-hydrogen) atoms. The average Bonchev–Trinajstić information content (AvgIpc) is 2.89. The summed E-state index contributed by atoms with van der Waals surface area (Å²) in [5.41, 5.74) is 1.17. The Labute approximate surface area is 108 Å². The lowest BCUT2D eigenvalue weighted by atomic mass is 10.2. The molecule has 0 atom stereocenters. The molecule has 1 aromatic carbocycles. The molecule has 2 aromatic rings. The predicted molar refractivity (Wildman–Crippen MR) is 72.9 cm³/mol. The van der Waals surface area contributed by atoms with Crippen molar-refractivity contribution in [3.05, 3.63) is 42.5 Å². The highest BCUT2D eigenvalue weighted by Crippen LogP contribution is 2.22. The molecule has 0 bridgehead atoms. The van der Waals surface area contributed by atoms with Crippen LogP contribution in [0.2, 0.25) is 0 Å². The molecule has 4 heteroatoms. The zero-order valence-corrected chi connectivity index (χ0v) is 11.1. The molecule has 0 aliphatic rings. The van der Waals surface area contributed by atoms with E-state index in [1.54, 1.807) is 13.3 Å². The summed E-state index contributed by atoms with van der Waals surface area (Å²) in [7, 11) is 1.68. The number of methoxy groups -OCH3 is 1. The minimum atomic E-state index is 0.406. The van der Waals surface area contributed by atoms with E-state index < -0.39 is 0 Å². The number of imidazole rings is 1. The van der Waals surface area contributed by atoms with Crippen LogP contribution in [0.1, 0.15) is 19.7 Å². The predicted octanol–water partition coefficient (Wildman–Crippen LogP) is 2.83. The smallest absolute Gasteiger partial charge is 0.125 e. The lowest BCUT2D eigenvalue weighted by Crippen LogP contribution is -2.30. The highest BCUT2D eigenvalue weighted by Gasteiger charge is 2.12. The highest BCUT2D eigenvalue weighted by atomic mass is 16.5. The van der Waals surface area contributed by atoms with Gasteiger partial charge >= 0.3 is 0 Å². The van der Waals surface area contributed by atoms with Gasteiger partial charge in [0.25, 0.3) is 0 Å². The summed E-state index contributed by atoms with van der Waals surface area (Å²) in [5, 5.41) is 0. The lowest BCUT2D eigenvalue weighted by Gasteiger charge is -2.28. The largest absolute Gasteiger partial charge is 0.497 e. The Morgan fingerprint density at radius 1 is 1.28 bits per heavy atom. The van der Waals surface area contributed by atoms with E-state index in [4.69, 9.17) is 4.74 Å². The fraction of sp³-hybridized carbons (Fsp3) is 0.357. The van der Waals surface area contributed by atoms with Crippen molar-refractivity contribution in [2.75, 3.05) is 12.0 Å². The molecule has 0 unspecified atom stereocenters. The van der Waals surface area contributed by atoms with Gasteiger partial charge < -0.3 is 14.6 Å². The van der Waals surface area contributed by atoms with E-state index in [0.29, 0.717) is 6.04 Å². The Hall–Kier alpha value is -1.97. The quantitative estimate of drug-likeness (QED) is 0.880. The molecule has 96 valence electrons. The van der Waals surface area contributed by atoms with Crippen LogP contribution >= 0.6 is 0 Å². The second-order valence-electron chi connectivity index (χ2n) is 4.46. The van der Waals surface area contributed by atoms with Crippen molar-refractivity contribution in [2.45, 2.75) is 26.4 Å². The van der Waals surface area contributed by atoms with Crippen molar-refractivity contribution in [1.82, 2.24) is 9.97 Å². The van der Waals surface area contributed by atoms with E-state index in [1.807, 2.05) is 18.3 Å². The molecule has 1 heterocycles. The van der Waals surface area contributed by atoms with Gasteiger partial charge in [-0.1, -0.05) is 0 Å². The maximum Gasteiger partial charge on any atom is 0.125 e. The Balaban J connectivity index is 2.18. The first kappa shape index (κ1) is 12.5. The highest BCUT2D eigenvalue weighted by molar-refractivity contribution is 5.49. The van der Waals surface area contributed by atoms with Gasteiger partial charge in [0.1, 0.15) is 11.6 Å². The zero-order valence-electron chi connectivity index (χ0n) is 11.1. The normalized spacial score (nSPS) is 10.7. The van der Waals surface area contributed by atoms with Crippen LogP contribution in [0.25, 0.3) is 0 Å². The third-order valence-electron chi connectivity index (χ3n) is 2.90. The maximum atomic E-state index is 5.18. The standard InChI is InChI=1S/C14H19N3O/c1-11(2)17(10-14-15-8-9-16-14)12-4-6-13(18-3)7-5-12/h4-9,11H,10H2,1-3H3,(H,15,16). The van der Waals surface area contributed by atoms with Crippen molar-refractivity contribution >= 4 is 5.69 Å². The third-order valence-corrected chi connectivity index (χ3v) is 2.90. The van der Waals surface area contributed by atoms with Gasteiger partial charge in [-0.25, -0.2) is 4.98 Å². The average molecular weight is 245 g/mol. The van der Waals surface area contributed by atoms with E-state index in [9.17, 15) is 0 Å². The third kappa shape index (κ3) is 2.83. The molecule has 0 fully saturated rings. The van der Waals surface area contributed by atoms with Crippen LogP contribution in [0, 0.1) is 0 Å². The topological polar surface area (TPSA) is 41.1 Å². The summed E-state index contributed by atoms with van der Waals surface area (Å²) in [6, 6.07) is 8.51. The number of ether oxygens (including phenoxy) is 1. The molecule has 1 aromatic heterocycles. The van der Waals surface area contributed by atoms with Crippen LogP contribution in [0.5, 0.6) is 5.75 Å². The molecule has 0 saturated carbocycles. The van der Waals surface area contributed by atoms with Crippen molar-refractivity contribution < 1.29 is 4.74 Å². The van der Waals surface area contributed by atoms with Crippen molar-refractivity contribution in [3.8, 4) is 5.75 Å². The second kappa shape index (κ2) is 5.58. The summed E-state index contributed by atoms with van der Waals surface area (Å²) in [6.07, 6.45) is 3.63. The van der Waals surface area contributed by atoms with E-state index in [1.165, 1.54) is 5.69 Å². The monoisotopic (exact) mass is 245 g/mol. The van der Waals surface area contributed by atoms with Crippen LogP contribution in [-0.4, -0.2) is 23.1 Å². The van der Waals surface area contributed by atoms with E-state index >= 15 is 0 Å². The minimum absolute atomic E-state index is 0.406. The number of H-pyrrole nitrogens is 1.